The van der Waals surface area contributed by atoms with Crippen LogP contribution in [-0.2, 0) is 35.0 Å². The van der Waals surface area contributed by atoms with Crippen LogP contribution in [0.25, 0.3) is 10.9 Å². The molecule has 1 amide bonds. The van der Waals surface area contributed by atoms with Crippen molar-refractivity contribution in [2.75, 3.05) is 11.9 Å². The predicted octanol–water partition coefficient (Wildman–Crippen LogP) is 5.45. The lowest BCUT2D eigenvalue weighted by molar-refractivity contribution is -0.137. The quantitative estimate of drug-likeness (QED) is 0.323. The summed E-state index contributed by atoms with van der Waals surface area (Å²) in [5.41, 5.74) is 0.324. The Labute approximate surface area is 208 Å². The van der Waals surface area contributed by atoms with E-state index >= 15 is 0 Å². The zero-order valence-electron chi connectivity index (χ0n) is 19.5. The fraction of sp³-hybridized carbons (Fsp3) is 0.185. The lowest BCUT2D eigenvalue weighted by Gasteiger charge is -2.14. The van der Waals surface area contributed by atoms with E-state index in [1.807, 2.05) is 0 Å². The van der Waals surface area contributed by atoms with Crippen LogP contribution in [0.15, 0.2) is 60.9 Å². The first-order chi connectivity index (χ1) is 17.6. The van der Waals surface area contributed by atoms with Gasteiger partial charge in [-0.2, -0.15) is 13.2 Å². The van der Waals surface area contributed by atoms with E-state index in [0.717, 1.165) is 6.07 Å². The minimum absolute atomic E-state index is 0.101. The van der Waals surface area contributed by atoms with Crippen LogP contribution in [0.3, 0.4) is 0 Å². The summed E-state index contributed by atoms with van der Waals surface area (Å²) in [6.45, 7) is 0. The molecule has 0 spiro atoms. The molecule has 2 aromatic heterocycles. The molecule has 0 N–H and O–H groups in total. The molecule has 1 aliphatic rings. The summed E-state index contributed by atoms with van der Waals surface area (Å²) in [6, 6.07) is 10.4. The average molecular weight is 509 g/mol. The van der Waals surface area contributed by atoms with Gasteiger partial charge in [-0.3, -0.25) is 19.5 Å². The summed E-state index contributed by atoms with van der Waals surface area (Å²) in [5, 5.41) is 0.598. The van der Waals surface area contributed by atoms with Gasteiger partial charge in [0.1, 0.15) is 28.9 Å². The molecule has 0 radical (unpaired) electrons. The van der Waals surface area contributed by atoms with Crippen molar-refractivity contribution in [2.45, 2.75) is 25.4 Å². The van der Waals surface area contributed by atoms with Crippen molar-refractivity contribution in [1.82, 2.24) is 9.97 Å². The number of hydrogen-bond acceptors (Lipinski definition) is 5. The van der Waals surface area contributed by atoms with E-state index in [0.29, 0.717) is 51.5 Å². The van der Waals surface area contributed by atoms with Crippen LogP contribution in [0.2, 0.25) is 0 Å². The molecular formula is C27H19F4N3O3. The maximum Gasteiger partial charge on any atom is 0.416 e. The number of fused-ring (bicyclic) bond motifs is 2. The number of carbonyl (C=O) groups excluding carboxylic acids is 2. The highest BCUT2D eigenvalue weighted by Crippen LogP contribution is 2.38. The van der Waals surface area contributed by atoms with Crippen molar-refractivity contribution >= 4 is 28.4 Å². The molecule has 0 bridgehead atoms. The maximum absolute atomic E-state index is 14.1. The van der Waals surface area contributed by atoms with Crippen LogP contribution < -0.4 is 9.64 Å². The van der Waals surface area contributed by atoms with Crippen molar-refractivity contribution < 1.29 is 31.9 Å². The zero-order chi connectivity index (χ0) is 26.3. The van der Waals surface area contributed by atoms with Crippen molar-refractivity contribution in [2.24, 2.45) is 0 Å². The minimum atomic E-state index is -4.64. The van der Waals surface area contributed by atoms with E-state index in [-0.39, 0.29) is 24.3 Å². The van der Waals surface area contributed by atoms with Gasteiger partial charge in [-0.1, -0.05) is 6.07 Å². The van der Waals surface area contributed by atoms with Crippen LogP contribution in [0, 0.1) is 5.82 Å². The number of ketones is 1. The monoisotopic (exact) mass is 509 g/mol. The molecule has 2 aromatic carbocycles. The van der Waals surface area contributed by atoms with Gasteiger partial charge in [0.2, 0.25) is 5.91 Å². The normalized spacial score (nSPS) is 13.2. The van der Waals surface area contributed by atoms with Gasteiger partial charge < -0.3 is 4.74 Å². The second-order valence-electron chi connectivity index (χ2n) is 8.66. The Hall–Kier alpha value is -4.34. The first kappa shape index (κ1) is 24.4. The molecule has 4 aromatic rings. The molecule has 0 unspecified atom stereocenters. The van der Waals surface area contributed by atoms with Crippen LogP contribution >= 0.6 is 0 Å². The Bertz CT molecular complexity index is 1550. The first-order valence-electron chi connectivity index (χ1n) is 11.3. The summed E-state index contributed by atoms with van der Waals surface area (Å²) < 4.78 is 59.3. The van der Waals surface area contributed by atoms with E-state index in [1.165, 1.54) is 4.90 Å². The number of anilines is 1. The van der Waals surface area contributed by atoms with Gasteiger partial charge in [0, 0.05) is 43.2 Å². The second-order valence-corrected chi connectivity index (χ2v) is 8.66. The Morgan fingerprint density at radius 1 is 1.00 bits per heavy atom. The van der Waals surface area contributed by atoms with Gasteiger partial charge in [-0.05, 0) is 53.6 Å². The fourth-order valence-corrected chi connectivity index (χ4v) is 4.33. The number of likely N-dealkylation sites (N-methyl/N-ethyl adjacent to an activating group) is 1. The molecule has 0 atom stereocenters. The van der Waals surface area contributed by atoms with Gasteiger partial charge in [-0.25, -0.2) is 9.37 Å². The second kappa shape index (κ2) is 9.27. The van der Waals surface area contributed by atoms with E-state index in [4.69, 9.17) is 4.74 Å². The number of alkyl halides is 3. The molecule has 0 saturated carbocycles. The molecular weight excluding hydrogens is 490 g/mol. The third kappa shape index (κ3) is 4.74. The smallest absolute Gasteiger partial charge is 0.416 e. The molecule has 37 heavy (non-hydrogen) atoms. The average Bonchev–Trinajstić information content (AvgIpc) is 3.15. The minimum Gasteiger partial charge on any atom is -0.456 e. The SMILES string of the molecule is CN1C(=O)Cc2c(Oc3ccc(CC(=O)Cc4cc(C(F)(F)F)ccc4F)c4ncccc34)ccnc21. The lowest BCUT2D eigenvalue weighted by atomic mass is 9.98. The Kier molecular flexibility index (Phi) is 6.10. The number of halogens is 4. The predicted molar refractivity (Wildman–Crippen MR) is 127 cm³/mol. The Morgan fingerprint density at radius 3 is 2.57 bits per heavy atom. The molecule has 3 heterocycles. The number of Topliss-reactive ketones (excluding diaryl/α,β-unsaturated/α-hetero) is 1. The van der Waals surface area contributed by atoms with E-state index in [1.54, 1.807) is 49.8 Å². The number of ether oxygens (including phenoxy) is 1. The molecule has 188 valence electrons. The molecule has 6 nitrogen and oxygen atoms in total. The highest BCUT2D eigenvalue weighted by Gasteiger charge is 2.31. The topological polar surface area (TPSA) is 72.4 Å². The van der Waals surface area contributed by atoms with Gasteiger partial charge in [0.15, 0.2) is 0 Å². The summed E-state index contributed by atoms with van der Waals surface area (Å²) in [6.07, 6.45) is -2.04. The molecule has 0 saturated heterocycles. The van der Waals surface area contributed by atoms with Crippen molar-refractivity contribution in [1.29, 1.82) is 0 Å². The molecule has 1 aliphatic heterocycles. The standard InChI is InChI=1S/C27H19F4N3O3/c1-34-24(36)14-20-23(8-10-33-26(20)34)37-22-7-4-15(25-19(22)3-2-9-32-25)12-18(35)13-16-11-17(27(29,30)31)5-6-21(16)28/h2-11H,12-14H2,1H3. The highest BCUT2D eigenvalue weighted by molar-refractivity contribution is 6.00. The van der Waals surface area contributed by atoms with Crippen LogP contribution in [0.5, 0.6) is 11.5 Å². The largest absolute Gasteiger partial charge is 0.456 e. The summed E-state index contributed by atoms with van der Waals surface area (Å²) >= 11 is 0. The summed E-state index contributed by atoms with van der Waals surface area (Å²) in [5.74, 6) is -0.00474. The zero-order valence-corrected chi connectivity index (χ0v) is 19.5. The molecule has 5 rings (SSSR count). The first-order valence-corrected chi connectivity index (χ1v) is 11.3. The highest BCUT2D eigenvalue weighted by atomic mass is 19.4. The number of nitrogens with zero attached hydrogens (tertiary/aromatic N) is 3. The van der Waals surface area contributed by atoms with Crippen molar-refractivity contribution in [3.8, 4) is 11.5 Å². The molecule has 0 fully saturated rings. The van der Waals surface area contributed by atoms with Gasteiger partial charge >= 0.3 is 6.18 Å². The lowest BCUT2D eigenvalue weighted by Crippen LogP contribution is -2.21. The van der Waals surface area contributed by atoms with Crippen LogP contribution in [-0.4, -0.2) is 28.7 Å². The van der Waals surface area contributed by atoms with E-state index < -0.39 is 29.8 Å². The van der Waals surface area contributed by atoms with Crippen LogP contribution in [0.1, 0.15) is 22.3 Å². The van der Waals surface area contributed by atoms with E-state index in [9.17, 15) is 27.2 Å². The maximum atomic E-state index is 14.1. The fourth-order valence-electron chi connectivity index (χ4n) is 4.33. The van der Waals surface area contributed by atoms with Gasteiger partial charge in [-0.15, -0.1) is 0 Å². The number of pyridine rings is 2. The summed E-state index contributed by atoms with van der Waals surface area (Å²) in [7, 11) is 1.64. The Morgan fingerprint density at radius 2 is 1.78 bits per heavy atom. The number of benzene rings is 2. The number of carbonyl (C=O) groups is 2. The van der Waals surface area contributed by atoms with Crippen molar-refractivity contribution in [3.63, 3.8) is 0 Å². The number of amides is 1. The number of hydrogen-bond donors (Lipinski definition) is 0. The number of rotatable bonds is 6. The summed E-state index contributed by atoms with van der Waals surface area (Å²) in [4.78, 5) is 35.0. The number of aromatic nitrogens is 2. The van der Waals surface area contributed by atoms with E-state index in [2.05, 4.69) is 9.97 Å². The molecule has 10 heteroatoms. The van der Waals surface area contributed by atoms with Crippen molar-refractivity contribution in [3.05, 3.63) is 89.0 Å². The molecule has 0 aliphatic carbocycles. The van der Waals surface area contributed by atoms with Crippen LogP contribution in [0.4, 0.5) is 23.4 Å². The van der Waals surface area contributed by atoms with Gasteiger partial charge in [0.05, 0.1) is 17.5 Å². The van der Waals surface area contributed by atoms with Gasteiger partial charge in [0.25, 0.3) is 0 Å². The Balaban J connectivity index is 1.42. The third-order valence-electron chi connectivity index (χ3n) is 6.19. The third-order valence-corrected chi connectivity index (χ3v) is 6.19.